The quantitative estimate of drug-likeness (QED) is 0.834. The van der Waals surface area contributed by atoms with Gasteiger partial charge in [-0.25, -0.2) is 0 Å². The van der Waals surface area contributed by atoms with Crippen molar-refractivity contribution >= 4 is 15.9 Å². The van der Waals surface area contributed by atoms with Crippen LogP contribution in [0.4, 0.5) is 13.2 Å². The summed E-state index contributed by atoms with van der Waals surface area (Å²) < 4.78 is 40.2. The summed E-state index contributed by atoms with van der Waals surface area (Å²) in [5.74, 6) is 0. The van der Waals surface area contributed by atoms with Crippen LogP contribution in [0.3, 0.4) is 0 Å². The van der Waals surface area contributed by atoms with E-state index in [0.717, 1.165) is 4.47 Å². The summed E-state index contributed by atoms with van der Waals surface area (Å²) in [5.41, 5.74) is -1.56. The molecule has 0 aromatic heterocycles. The zero-order chi connectivity index (χ0) is 11.8. The Hall–Kier alpha value is -0.550. The van der Waals surface area contributed by atoms with Gasteiger partial charge in [0.05, 0.1) is 0 Å². The fourth-order valence-electron chi connectivity index (χ4n) is 2.13. The molecule has 1 aliphatic rings. The van der Waals surface area contributed by atoms with Gasteiger partial charge in [0.1, 0.15) is 5.54 Å². The zero-order valence-electron chi connectivity index (χ0n) is 8.44. The van der Waals surface area contributed by atoms with Crippen molar-refractivity contribution in [2.45, 2.75) is 24.6 Å². The van der Waals surface area contributed by atoms with Gasteiger partial charge in [-0.1, -0.05) is 28.1 Å². The van der Waals surface area contributed by atoms with Crippen molar-refractivity contribution in [3.05, 3.63) is 34.3 Å². The molecular weight excluding hydrogens is 283 g/mol. The van der Waals surface area contributed by atoms with E-state index in [2.05, 4.69) is 21.2 Å². The van der Waals surface area contributed by atoms with Gasteiger partial charge in [-0.05, 0) is 37.1 Å². The first-order valence-electron chi connectivity index (χ1n) is 5.03. The lowest BCUT2D eigenvalue weighted by molar-refractivity contribution is -0.196. The van der Waals surface area contributed by atoms with Gasteiger partial charge in [0.15, 0.2) is 0 Å². The Labute approximate surface area is 100 Å². The molecule has 1 aromatic rings. The third kappa shape index (κ3) is 1.86. The van der Waals surface area contributed by atoms with Crippen LogP contribution in [-0.4, -0.2) is 12.7 Å². The normalized spacial score (nSPS) is 26.0. The monoisotopic (exact) mass is 293 g/mol. The fraction of sp³-hybridized carbons (Fsp3) is 0.455. The molecule has 0 saturated carbocycles. The van der Waals surface area contributed by atoms with Crippen LogP contribution in [0.25, 0.3) is 0 Å². The van der Waals surface area contributed by atoms with E-state index in [4.69, 9.17) is 0 Å². The van der Waals surface area contributed by atoms with Crippen LogP contribution >= 0.6 is 15.9 Å². The predicted octanol–water partition coefficient (Wildman–Crippen LogP) is 3.59. The van der Waals surface area contributed by atoms with Gasteiger partial charge in [-0.15, -0.1) is 0 Å². The Morgan fingerprint density at radius 2 is 1.81 bits per heavy atom. The highest BCUT2D eigenvalue weighted by Crippen LogP contribution is 2.44. The Morgan fingerprint density at radius 1 is 1.19 bits per heavy atom. The topological polar surface area (TPSA) is 12.0 Å². The summed E-state index contributed by atoms with van der Waals surface area (Å²) in [6.07, 6.45) is -3.59. The number of alkyl halides is 3. The molecule has 0 spiro atoms. The number of nitrogens with one attached hydrogen (secondary N) is 1. The van der Waals surface area contributed by atoms with E-state index >= 15 is 0 Å². The molecule has 0 unspecified atom stereocenters. The highest BCUT2D eigenvalue weighted by molar-refractivity contribution is 9.10. The van der Waals surface area contributed by atoms with Gasteiger partial charge < -0.3 is 0 Å². The molecule has 0 aliphatic carbocycles. The summed E-state index contributed by atoms with van der Waals surface area (Å²) in [6.45, 7) is 0.412. The molecule has 0 radical (unpaired) electrons. The molecular formula is C11H11BrF3N. The van der Waals surface area contributed by atoms with Gasteiger partial charge in [-0.2, -0.15) is 13.2 Å². The maximum Gasteiger partial charge on any atom is 0.410 e. The fourth-order valence-corrected chi connectivity index (χ4v) is 2.39. The van der Waals surface area contributed by atoms with Crippen LogP contribution in [0, 0.1) is 0 Å². The maximum absolute atomic E-state index is 13.1. The molecule has 1 saturated heterocycles. The first-order chi connectivity index (χ1) is 7.46. The number of hydrogen-bond donors (Lipinski definition) is 1. The van der Waals surface area contributed by atoms with Crippen molar-refractivity contribution in [3.8, 4) is 0 Å². The molecule has 1 atom stereocenters. The molecule has 0 amide bonds. The first-order valence-corrected chi connectivity index (χ1v) is 5.83. The number of halogens is 4. The molecule has 1 aromatic carbocycles. The van der Waals surface area contributed by atoms with Gasteiger partial charge in [0, 0.05) is 4.47 Å². The van der Waals surface area contributed by atoms with E-state index in [1.807, 2.05) is 0 Å². The number of benzene rings is 1. The van der Waals surface area contributed by atoms with Crippen LogP contribution < -0.4 is 5.32 Å². The Kier molecular flexibility index (Phi) is 3.01. The number of rotatable bonds is 1. The summed E-state index contributed by atoms with van der Waals surface area (Å²) >= 11 is 3.22. The van der Waals surface area contributed by atoms with E-state index < -0.39 is 11.7 Å². The second kappa shape index (κ2) is 4.04. The summed E-state index contributed by atoms with van der Waals surface area (Å²) in [5, 5.41) is 2.61. The summed E-state index contributed by atoms with van der Waals surface area (Å²) in [7, 11) is 0. The molecule has 1 N–H and O–H groups in total. The van der Waals surface area contributed by atoms with Crippen molar-refractivity contribution in [1.29, 1.82) is 0 Å². The molecule has 1 aliphatic heterocycles. The van der Waals surface area contributed by atoms with Crippen LogP contribution in [0.2, 0.25) is 0 Å². The van der Waals surface area contributed by atoms with Crippen LogP contribution in [0.15, 0.2) is 28.7 Å². The van der Waals surface area contributed by atoms with Crippen LogP contribution in [0.1, 0.15) is 18.4 Å². The molecule has 2 rings (SSSR count). The second-order valence-electron chi connectivity index (χ2n) is 3.94. The lowest BCUT2D eigenvalue weighted by Crippen LogP contribution is -2.49. The highest BCUT2D eigenvalue weighted by Gasteiger charge is 2.57. The maximum atomic E-state index is 13.1. The molecule has 88 valence electrons. The third-order valence-corrected chi connectivity index (χ3v) is 3.50. The number of hydrogen-bond acceptors (Lipinski definition) is 1. The molecule has 1 nitrogen and oxygen atoms in total. The first kappa shape index (κ1) is 11.9. The van der Waals surface area contributed by atoms with Gasteiger partial charge in [-0.3, -0.25) is 5.32 Å². The van der Waals surface area contributed by atoms with Crippen molar-refractivity contribution in [1.82, 2.24) is 5.32 Å². The minimum absolute atomic E-state index is 0.109. The Bertz CT molecular complexity index is 366. The largest absolute Gasteiger partial charge is 0.410 e. The SMILES string of the molecule is FC(F)(F)[C@]1(c2ccc(Br)cc2)CCCN1. The van der Waals surface area contributed by atoms with Crippen molar-refractivity contribution in [2.24, 2.45) is 0 Å². The molecule has 0 bridgehead atoms. The Morgan fingerprint density at radius 3 is 2.25 bits per heavy atom. The zero-order valence-corrected chi connectivity index (χ0v) is 10.0. The van der Waals surface area contributed by atoms with E-state index in [1.165, 1.54) is 12.1 Å². The van der Waals surface area contributed by atoms with E-state index in [0.29, 0.717) is 18.5 Å². The average Bonchev–Trinajstić information content (AvgIpc) is 2.68. The summed E-state index contributed by atoms with van der Waals surface area (Å²) in [4.78, 5) is 0. The van der Waals surface area contributed by atoms with Crippen LogP contribution in [-0.2, 0) is 5.54 Å². The standard InChI is InChI=1S/C11H11BrF3N/c12-9-4-2-8(3-5-9)10(11(13,14)15)6-1-7-16-10/h2-5,16H,1,6-7H2/t10-/m1/s1. The van der Waals surface area contributed by atoms with Gasteiger partial charge in [0.25, 0.3) is 0 Å². The lowest BCUT2D eigenvalue weighted by atomic mass is 9.88. The smallest absolute Gasteiger partial charge is 0.300 e. The van der Waals surface area contributed by atoms with E-state index in [1.54, 1.807) is 12.1 Å². The highest BCUT2D eigenvalue weighted by atomic mass is 79.9. The minimum Gasteiger partial charge on any atom is -0.300 e. The molecule has 5 heteroatoms. The van der Waals surface area contributed by atoms with E-state index in [-0.39, 0.29) is 6.42 Å². The van der Waals surface area contributed by atoms with Crippen molar-refractivity contribution < 1.29 is 13.2 Å². The lowest BCUT2D eigenvalue weighted by Gasteiger charge is -2.32. The van der Waals surface area contributed by atoms with Crippen molar-refractivity contribution in [3.63, 3.8) is 0 Å². The third-order valence-electron chi connectivity index (χ3n) is 2.98. The van der Waals surface area contributed by atoms with Gasteiger partial charge >= 0.3 is 6.18 Å². The van der Waals surface area contributed by atoms with Crippen LogP contribution in [0.5, 0.6) is 0 Å². The van der Waals surface area contributed by atoms with E-state index in [9.17, 15) is 13.2 Å². The Balaban J connectivity index is 2.44. The second-order valence-corrected chi connectivity index (χ2v) is 4.86. The molecule has 1 fully saturated rings. The van der Waals surface area contributed by atoms with Gasteiger partial charge in [0.2, 0.25) is 0 Å². The average molecular weight is 294 g/mol. The summed E-state index contributed by atoms with van der Waals surface area (Å²) in [6, 6.07) is 6.33. The predicted molar refractivity (Wildman–Crippen MR) is 59.1 cm³/mol. The van der Waals surface area contributed by atoms with Crippen molar-refractivity contribution in [2.75, 3.05) is 6.54 Å². The molecule has 1 heterocycles. The minimum atomic E-state index is -4.25. The molecule has 16 heavy (non-hydrogen) atoms.